The summed E-state index contributed by atoms with van der Waals surface area (Å²) in [6, 6.07) is 6.25. The van der Waals surface area contributed by atoms with Gasteiger partial charge in [0, 0.05) is 17.5 Å². The smallest absolute Gasteiger partial charge is 0.290 e. The van der Waals surface area contributed by atoms with Gasteiger partial charge in [-0.2, -0.15) is 0 Å². The van der Waals surface area contributed by atoms with Crippen LogP contribution in [-0.2, 0) is 0 Å². The lowest BCUT2D eigenvalue weighted by Crippen LogP contribution is -2.35. The SMILES string of the molecule is CC[C@@H]1C=CCN1C(=O)c1oc2cc(C)ccc2c1C. The van der Waals surface area contributed by atoms with Crippen molar-refractivity contribution in [3.63, 3.8) is 0 Å². The summed E-state index contributed by atoms with van der Waals surface area (Å²) in [5.41, 5.74) is 2.87. The van der Waals surface area contributed by atoms with E-state index in [1.165, 1.54) is 0 Å². The van der Waals surface area contributed by atoms with Crippen LogP contribution in [0.3, 0.4) is 0 Å². The molecule has 3 nitrogen and oxygen atoms in total. The predicted octanol–water partition coefficient (Wildman–Crippen LogP) is 3.84. The van der Waals surface area contributed by atoms with Crippen LogP contribution in [0.1, 0.15) is 35.0 Å². The van der Waals surface area contributed by atoms with Crippen LogP contribution in [0.2, 0.25) is 0 Å². The Kier molecular flexibility index (Phi) is 3.13. The third kappa shape index (κ3) is 1.94. The van der Waals surface area contributed by atoms with Gasteiger partial charge in [0.2, 0.25) is 0 Å². The second kappa shape index (κ2) is 4.82. The number of hydrogen-bond donors (Lipinski definition) is 0. The lowest BCUT2D eigenvalue weighted by atomic mass is 10.1. The summed E-state index contributed by atoms with van der Waals surface area (Å²) in [5, 5.41) is 1.03. The minimum absolute atomic E-state index is 0.00629. The zero-order valence-corrected chi connectivity index (χ0v) is 12.1. The molecule has 20 heavy (non-hydrogen) atoms. The number of nitrogens with zero attached hydrogens (tertiary/aromatic N) is 1. The molecule has 1 aromatic heterocycles. The van der Waals surface area contributed by atoms with Gasteiger partial charge in [-0.05, 0) is 31.9 Å². The summed E-state index contributed by atoms with van der Waals surface area (Å²) in [7, 11) is 0. The highest BCUT2D eigenvalue weighted by Crippen LogP contribution is 2.28. The number of carbonyl (C=O) groups excluding carboxylic acids is 1. The third-order valence-corrected chi connectivity index (χ3v) is 4.03. The van der Waals surface area contributed by atoms with Gasteiger partial charge in [0.1, 0.15) is 5.58 Å². The maximum absolute atomic E-state index is 12.7. The summed E-state index contributed by atoms with van der Waals surface area (Å²) >= 11 is 0. The molecule has 0 spiro atoms. The molecule has 104 valence electrons. The summed E-state index contributed by atoms with van der Waals surface area (Å²) in [6.45, 7) is 6.75. The van der Waals surface area contributed by atoms with Crippen molar-refractivity contribution in [2.24, 2.45) is 0 Å². The van der Waals surface area contributed by atoms with Gasteiger partial charge in [-0.25, -0.2) is 0 Å². The molecule has 3 rings (SSSR count). The van der Waals surface area contributed by atoms with Gasteiger partial charge in [-0.1, -0.05) is 31.2 Å². The second-order valence-electron chi connectivity index (χ2n) is 5.42. The van der Waals surface area contributed by atoms with E-state index in [4.69, 9.17) is 4.42 Å². The molecule has 1 amide bonds. The van der Waals surface area contributed by atoms with E-state index >= 15 is 0 Å². The van der Waals surface area contributed by atoms with Crippen LogP contribution in [-0.4, -0.2) is 23.4 Å². The fourth-order valence-electron chi connectivity index (χ4n) is 2.83. The van der Waals surface area contributed by atoms with Crippen LogP contribution in [0.4, 0.5) is 0 Å². The molecule has 0 bridgehead atoms. The molecule has 0 saturated heterocycles. The number of rotatable bonds is 2. The fraction of sp³-hybridized carbons (Fsp3) is 0.353. The Morgan fingerprint density at radius 1 is 1.40 bits per heavy atom. The van der Waals surface area contributed by atoms with Gasteiger partial charge >= 0.3 is 0 Å². The molecular formula is C17H19NO2. The van der Waals surface area contributed by atoms with E-state index in [-0.39, 0.29) is 11.9 Å². The van der Waals surface area contributed by atoms with Crippen LogP contribution in [0.5, 0.6) is 0 Å². The Labute approximate surface area is 118 Å². The van der Waals surface area contributed by atoms with Crippen molar-refractivity contribution in [1.29, 1.82) is 0 Å². The molecule has 2 heterocycles. The summed E-state index contributed by atoms with van der Waals surface area (Å²) < 4.78 is 5.83. The number of amides is 1. The summed E-state index contributed by atoms with van der Waals surface area (Å²) in [5.74, 6) is 0.473. The topological polar surface area (TPSA) is 33.5 Å². The molecule has 1 aliphatic rings. The average molecular weight is 269 g/mol. The van der Waals surface area contributed by atoms with Gasteiger partial charge < -0.3 is 9.32 Å². The van der Waals surface area contributed by atoms with E-state index in [2.05, 4.69) is 13.0 Å². The molecular weight excluding hydrogens is 250 g/mol. The minimum atomic E-state index is -0.00629. The number of carbonyl (C=O) groups is 1. The van der Waals surface area contributed by atoms with Crippen molar-refractivity contribution in [1.82, 2.24) is 4.90 Å². The molecule has 1 aromatic carbocycles. The lowest BCUT2D eigenvalue weighted by molar-refractivity contribution is 0.0717. The first kappa shape index (κ1) is 13.0. The highest BCUT2D eigenvalue weighted by molar-refractivity contribution is 5.99. The van der Waals surface area contributed by atoms with Gasteiger partial charge in [0.25, 0.3) is 5.91 Å². The quantitative estimate of drug-likeness (QED) is 0.776. The van der Waals surface area contributed by atoms with Crippen molar-refractivity contribution >= 4 is 16.9 Å². The summed E-state index contributed by atoms with van der Waals surface area (Å²) in [4.78, 5) is 14.6. The van der Waals surface area contributed by atoms with Crippen molar-refractivity contribution < 1.29 is 9.21 Å². The third-order valence-electron chi connectivity index (χ3n) is 4.03. The number of aryl methyl sites for hydroxylation is 2. The van der Waals surface area contributed by atoms with Crippen molar-refractivity contribution in [3.8, 4) is 0 Å². The molecule has 0 fully saturated rings. The number of hydrogen-bond acceptors (Lipinski definition) is 2. The lowest BCUT2D eigenvalue weighted by Gasteiger charge is -2.22. The van der Waals surface area contributed by atoms with E-state index < -0.39 is 0 Å². The van der Waals surface area contributed by atoms with Crippen LogP contribution < -0.4 is 0 Å². The Bertz CT molecular complexity index is 696. The van der Waals surface area contributed by atoms with Gasteiger partial charge in [-0.3, -0.25) is 4.79 Å². The number of fused-ring (bicyclic) bond motifs is 1. The zero-order valence-electron chi connectivity index (χ0n) is 12.1. The summed E-state index contributed by atoms with van der Waals surface area (Å²) in [6.07, 6.45) is 5.08. The number of furan rings is 1. The largest absolute Gasteiger partial charge is 0.451 e. The molecule has 0 unspecified atom stereocenters. The highest BCUT2D eigenvalue weighted by Gasteiger charge is 2.28. The van der Waals surface area contributed by atoms with Crippen LogP contribution >= 0.6 is 0 Å². The van der Waals surface area contributed by atoms with Crippen molar-refractivity contribution in [3.05, 3.63) is 47.2 Å². The zero-order chi connectivity index (χ0) is 14.3. The van der Waals surface area contributed by atoms with E-state index in [0.29, 0.717) is 12.3 Å². The van der Waals surface area contributed by atoms with E-state index in [9.17, 15) is 4.79 Å². The molecule has 0 radical (unpaired) electrons. The van der Waals surface area contributed by atoms with Crippen LogP contribution in [0.25, 0.3) is 11.0 Å². The first-order chi connectivity index (χ1) is 9.61. The Morgan fingerprint density at radius 3 is 2.95 bits per heavy atom. The Morgan fingerprint density at radius 2 is 2.20 bits per heavy atom. The van der Waals surface area contributed by atoms with Crippen LogP contribution in [0.15, 0.2) is 34.8 Å². The minimum Gasteiger partial charge on any atom is -0.451 e. The van der Waals surface area contributed by atoms with E-state index in [0.717, 1.165) is 28.5 Å². The molecule has 3 heteroatoms. The first-order valence-electron chi connectivity index (χ1n) is 7.09. The van der Waals surface area contributed by atoms with Gasteiger partial charge in [0.15, 0.2) is 5.76 Å². The molecule has 0 N–H and O–H groups in total. The Hall–Kier alpha value is -2.03. The fourth-order valence-corrected chi connectivity index (χ4v) is 2.83. The predicted molar refractivity (Wildman–Crippen MR) is 79.9 cm³/mol. The standard InChI is InChI=1S/C17H19NO2/c1-4-13-6-5-9-18(13)17(19)16-12(3)14-8-7-11(2)10-15(14)20-16/h5-8,10,13H,4,9H2,1-3H3/t13-/m1/s1. The average Bonchev–Trinajstić information content (AvgIpc) is 3.02. The maximum atomic E-state index is 12.7. The highest BCUT2D eigenvalue weighted by atomic mass is 16.3. The molecule has 2 aromatic rings. The maximum Gasteiger partial charge on any atom is 0.290 e. The first-order valence-corrected chi connectivity index (χ1v) is 7.09. The number of benzene rings is 1. The van der Waals surface area contributed by atoms with Crippen molar-refractivity contribution in [2.45, 2.75) is 33.2 Å². The van der Waals surface area contributed by atoms with Gasteiger partial charge in [0.05, 0.1) is 6.04 Å². The molecule has 0 saturated carbocycles. The second-order valence-corrected chi connectivity index (χ2v) is 5.42. The van der Waals surface area contributed by atoms with Crippen LogP contribution in [0, 0.1) is 13.8 Å². The van der Waals surface area contributed by atoms with Gasteiger partial charge in [-0.15, -0.1) is 0 Å². The Balaban J connectivity index is 2.02. The normalized spacial score (nSPS) is 18.1. The molecule has 1 atom stereocenters. The molecule has 0 aliphatic carbocycles. The monoisotopic (exact) mass is 269 g/mol. The van der Waals surface area contributed by atoms with E-state index in [1.807, 2.05) is 43.0 Å². The van der Waals surface area contributed by atoms with E-state index in [1.54, 1.807) is 0 Å². The molecule has 1 aliphatic heterocycles. The van der Waals surface area contributed by atoms with Crippen molar-refractivity contribution in [2.75, 3.05) is 6.54 Å².